The van der Waals surface area contributed by atoms with Crippen LogP contribution >= 0.6 is 0 Å². The molecule has 0 amide bonds. The molecular weight excluding hydrogens is 264 g/mol. The number of aromatic nitrogens is 3. The lowest BCUT2D eigenvalue weighted by atomic mass is 10.2. The molecule has 0 aromatic carbocycles. The van der Waals surface area contributed by atoms with Gasteiger partial charge in [0.1, 0.15) is 0 Å². The lowest BCUT2D eigenvalue weighted by Gasteiger charge is -2.30. The van der Waals surface area contributed by atoms with Crippen LogP contribution in [0.4, 0.5) is 0 Å². The summed E-state index contributed by atoms with van der Waals surface area (Å²) >= 11 is 0. The van der Waals surface area contributed by atoms with E-state index < -0.39 is 5.97 Å². The van der Waals surface area contributed by atoms with E-state index in [2.05, 4.69) is 15.2 Å². The third kappa shape index (κ3) is 3.33. The Morgan fingerprint density at radius 2 is 2.30 bits per heavy atom. The first-order valence-corrected chi connectivity index (χ1v) is 6.45. The number of hydrogen-bond donors (Lipinski definition) is 0. The number of morpholine rings is 1. The largest absolute Gasteiger partial charge is 0.464 e. The zero-order valence-electron chi connectivity index (χ0n) is 12.0. The molecule has 0 radical (unpaired) electrons. The van der Waals surface area contributed by atoms with Crippen LogP contribution in [0.1, 0.15) is 16.2 Å². The van der Waals surface area contributed by atoms with Crippen LogP contribution in [-0.2, 0) is 27.4 Å². The van der Waals surface area contributed by atoms with Crippen molar-refractivity contribution < 1.29 is 19.0 Å². The van der Waals surface area contributed by atoms with Gasteiger partial charge in [-0.3, -0.25) is 0 Å². The molecule has 1 atom stereocenters. The minimum absolute atomic E-state index is 0.0246. The normalized spacial score (nSPS) is 20.1. The van der Waals surface area contributed by atoms with E-state index in [0.29, 0.717) is 18.8 Å². The summed E-state index contributed by atoms with van der Waals surface area (Å²) in [5, 5.41) is 7.89. The molecule has 2 heterocycles. The molecule has 1 aliphatic heterocycles. The quantitative estimate of drug-likeness (QED) is 0.677. The molecule has 8 heteroatoms. The molecule has 1 saturated heterocycles. The Morgan fingerprint density at radius 3 is 2.95 bits per heavy atom. The predicted octanol–water partition coefficient (Wildman–Crippen LogP) is -0.458. The lowest BCUT2D eigenvalue weighted by Crippen LogP contribution is -2.42. The number of carbonyl (C=O) groups is 1. The van der Waals surface area contributed by atoms with Crippen molar-refractivity contribution >= 4 is 5.97 Å². The van der Waals surface area contributed by atoms with Crippen LogP contribution in [0.25, 0.3) is 0 Å². The molecule has 0 saturated carbocycles. The zero-order chi connectivity index (χ0) is 14.5. The second-order valence-corrected chi connectivity index (χ2v) is 4.75. The molecule has 2 rings (SSSR count). The number of likely N-dealkylation sites (N-methyl/N-ethyl adjacent to an activating group) is 1. The summed E-state index contributed by atoms with van der Waals surface area (Å²) in [6.45, 7) is 3.22. The van der Waals surface area contributed by atoms with Gasteiger partial charge in [0, 0.05) is 20.2 Å². The van der Waals surface area contributed by atoms with E-state index in [-0.39, 0.29) is 18.4 Å². The predicted molar refractivity (Wildman–Crippen MR) is 69.3 cm³/mol. The first-order valence-electron chi connectivity index (χ1n) is 6.45. The maximum absolute atomic E-state index is 11.6. The summed E-state index contributed by atoms with van der Waals surface area (Å²) in [5.74, 6) is -0.509. The van der Waals surface area contributed by atoms with Crippen molar-refractivity contribution in [1.82, 2.24) is 19.9 Å². The van der Waals surface area contributed by atoms with Crippen LogP contribution in [-0.4, -0.2) is 72.9 Å². The maximum atomic E-state index is 11.6. The first-order chi connectivity index (χ1) is 9.65. The Labute approximate surface area is 117 Å². The number of rotatable bonds is 5. The van der Waals surface area contributed by atoms with Crippen LogP contribution < -0.4 is 0 Å². The molecule has 8 nitrogen and oxygen atoms in total. The highest BCUT2D eigenvalue weighted by Gasteiger charge is 2.24. The van der Waals surface area contributed by atoms with Gasteiger partial charge in [-0.2, -0.15) is 0 Å². The number of methoxy groups -OCH3 is 2. The van der Waals surface area contributed by atoms with Crippen LogP contribution in [0.2, 0.25) is 0 Å². The zero-order valence-corrected chi connectivity index (χ0v) is 12.0. The Hall–Kier alpha value is -1.51. The molecule has 0 bridgehead atoms. The van der Waals surface area contributed by atoms with Gasteiger partial charge in [0.25, 0.3) is 0 Å². The van der Waals surface area contributed by atoms with Crippen LogP contribution in [0.3, 0.4) is 0 Å². The van der Waals surface area contributed by atoms with Crippen molar-refractivity contribution in [3.05, 3.63) is 11.4 Å². The molecule has 1 aromatic rings. The molecular formula is C12H20N4O4. The maximum Gasteiger partial charge on any atom is 0.360 e. The van der Waals surface area contributed by atoms with Gasteiger partial charge in [0.05, 0.1) is 38.7 Å². The fourth-order valence-corrected chi connectivity index (χ4v) is 2.18. The molecule has 1 unspecified atom stereocenters. The molecule has 1 aromatic heterocycles. The molecule has 1 aliphatic rings. The van der Waals surface area contributed by atoms with Crippen molar-refractivity contribution in [3.8, 4) is 0 Å². The Bertz CT molecular complexity index is 462. The minimum atomic E-state index is -0.509. The second kappa shape index (κ2) is 6.78. The van der Waals surface area contributed by atoms with Gasteiger partial charge in [-0.05, 0) is 7.05 Å². The van der Waals surface area contributed by atoms with Gasteiger partial charge in [-0.1, -0.05) is 5.21 Å². The van der Waals surface area contributed by atoms with Crippen molar-refractivity contribution in [3.63, 3.8) is 0 Å². The van der Waals surface area contributed by atoms with Crippen LogP contribution in [0, 0.1) is 0 Å². The van der Waals surface area contributed by atoms with Gasteiger partial charge in [-0.15, -0.1) is 5.10 Å². The van der Waals surface area contributed by atoms with E-state index in [0.717, 1.165) is 13.1 Å². The van der Waals surface area contributed by atoms with Crippen molar-refractivity contribution in [2.75, 3.05) is 41.0 Å². The van der Waals surface area contributed by atoms with Crippen LogP contribution in [0.15, 0.2) is 0 Å². The average Bonchev–Trinajstić information content (AvgIpc) is 2.82. The third-order valence-corrected chi connectivity index (χ3v) is 3.22. The standard InChI is InChI=1S/C12H20N4O4/c1-15-4-5-20-9(6-15)7-16-10(8-18-2)11(13-14-16)12(17)19-3/h9H,4-8H2,1-3H3. The van der Waals surface area contributed by atoms with Crippen molar-refractivity contribution in [2.24, 2.45) is 0 Å². The topological polar surface area (TPSA) is 78.7 Å². The SMILES string of the molecule is COCc1c(C(=O)OC)nnn1CC1CN(C)CCO1. The summed E-state index contributed by atoms with van der Waals surface area (Å²) in [6.07, 6.45) is 0.0246. The third-order valence-electron chi connectivity index (χ3n) is 3.22. The van der Waals surface area contributed by atoms with Gasteiger partial charge < -0.3 is 19.1 Å². The summed E-state index contributed by atoms with van der Waals surface area (Å²) < 4.78 is 17.2. The molecule has 20 heavy (non-hydrogen) atoms. The first kappa shape index (κ1) is 14.9. The Kier molecular flexibility index (Phi) is 5.05. The van der Waals surface area contributed by atoms with Crippen molar-refractivity contribution in [2.45, 2.75) is 19.3 Å². The minimum Gasteiger partial charge on any atom is -0.464 e. The summed E-state index contributed by atoms with van der Waals surface area (Å²) in [7, 11) is 4.92. The number of ether oxygens (including phenoxy) is 3. The number of hydrogen-bond acceptors (Lipinski definition) is 7. The average molecular weight is 284 g/mol. The molecule has 112 valence electrons. The molecule has 1 fully saturated rings. The highest BCUT2D eigenvalue weighted by atomic mass is 16.5. The van der Waals surface area contributed by atoms with Crippen molar-refractivity contribution in [1.29, 1.82) is 0 Å². The van der Waals surface area contributed by atoms with Gasteiger partial charge in [0.2, 0.25) is 0 Å². The van der Waals surface area contributed by atoms with Crippen LogP contribution in [0.5, 0.6) is 0 Å². The summed E-state index contributed by atoms with van der Waals surface area (Å²) in [4.78, 5) is 13.8. The Balaban J connectivity index is 2.14. The van der Waals surface area contributed by atoms with Gasteiger partial charge in [0.15, 0.2) is 5.69 Å². The van der Waals surface area contributed by atoms with Gasteiger partial charge in [-0.25, -0.2) is 9.48 Å². The second-order valence-electron chi connectivity index (χ2n) is 4.75. The van der Waals surface area contributed by atoms with E-state index in [4.69, 9.17) is 14.2 Å². The monoisotopic (exact) mass is 284 g/mol. The smallest absolute Gasteiger partial charge is 0.360 e. The Morgan fingerprint density at radius 1 is 1.50 bits per heavy atom. The molecule has 0 aliphatic carbocycles. The number of nitrogens with zero attached hydrogens (tertiary/aromatic N) is 4. The van der Waals surface area contributed by atoms with E-state index in [1.165, 1.54) is 7.11 Å². The molecule has 0 spiro atoms. The molecule has 0 N–H and O–H groups in total. The van der Waals surface area contributed by atoms with E-state index in [1.54, 1.807) is 11.8 Å². The highest BCUT2D eigenvalue weighted by Crippen LogP contribution is 2.12. The number of carbonyl (C=O) groups excluding carboxylic acids is 1. The summed E-state index contributed by atoms with van der Waals surface area (Å²) in [5.41, 5.74) is 0.801. The fraction of sp³-hybridized carbons (Fsp3) is 0.750. The summed E-state index contributed by atoms with van der Waals surface area (Å²) in [6, 6.07) is 0. The lowest BCUT2D eigenvalue weighted by molar-refractivity contribution is -0.0301. The number of esters is 1. The highest BCUT2D eigenvalue weighted by molar-refractivity contribution is 5.88. The van der Waals surface area contributed by atoms with E-state index in [9.17, 15) is 4.79 Å². The van der Waals surface area contributed by atoms with E-state index in [1.807, 2.05) is 7.05 Å². The van der Waals surface area contributed by atoms with Gasteiger partial charge >= 0.3 is 5.97 Å². The fourth-order valence-electron chi connectivity index (χ4n) is 2.18. The van der Waals surface area contributed by atoms with E-state index >= 15 is 0 Å².